The number of benzene rings is 1. The van der Waals surface area contributed by atoms with Gasteiger partial charge in [-0.1, -0.05) is 19.1 Å². The van der Waals surface area contributed by atoms with Crippen LogP contribution in [0.2, 0.25) is 0 Å². The number of hydrogen-bond donors (Lipinski definition) is 2. The van der Waals surface area contributed by atoms with Crippen molar-refractivity contribution in [2.75, 3.05) is 11.8 Å². The molecule has 0 aliphatic rings. The summed E-state index contributed by atoms with van der Waals surface area (Å²) in [4.78, 5) is 0.360. The molecule has 20 heavy (non-hydrogen) atoms. The smallest absolute Gasteiger partial charge is 0.262 e. The highest BCUT2D eigenvalue weighted by Gasteiger charge is 2.18. The maximum Gasteiger partial charge on any atom is 0.262 e. The van der Waals surface area contributed by atoms with Gasteiger partial charge in [-0.2, -0.15) is 11.3 Å². The first-order valence-corrected chi connectivity index (χ1v) is 8.81. The van der Waals surface area contributed by atoms with E-state index in [2.05, 4.69) is 10.0 Å². The van der Waals surface area contributed by atoms with Gasteiger partial charge >= 0.3 is 0 Å². The molecule has 108 valence electrons. The molecule has 1 aromatic heterocycles. The number of sulfonamides is 1. The second kappa shape index (κ2) is 6.39. The molecule has 0 fully saturated rings. The van der Waals surface area contributed by atoms with Gasteiger partial charge in [-0.3, -0.25) is 4.72 Å². The van der Waals surface area contributed by atoms with Crippen LogP contribution in [0, 0.1) is 0 Å². The number of thiophene rings is 1. The average Bonchev–Trinajstić information content (AvgIpc) is 2.91. The van der Waals surface area contributed by atoms with Gasteiger partial charge in [0.2, 0.25) is 0 Å². The number of aryl methyl sites for hydroxylation is 1. The monoisotopic (exact) mass is 310 g/mol. The first-order valence-electron chi connectivity index (χ1n) is 6.38. The van der Waals surface area contributed by atoms with Crippen LogP contribution in [-0.4, -0.2) is 15.5 Å². The molecule has 4 nitrogen and oxygen atoms in total. The number of hydrogen-bond acceptors (Lipinski definition) is 4. The van der Waals surface area contributed by atoms with Gasteiger partial charge in [-0.05, 0) is 42.1 Å². The minimum atomic E-state index is -3.54. The van der Waals surface area contributed by atoms with E-state index in [1.54, 1.807) is 17.5 Å². The number of anilines is 1. The molecule has 0 amide bonds. The quantitative estimate of drug-likeness (QED) is 0.862. The Morgan fingerprint density at radius 1 is 1.25 bits per heavy atom. The lowest BCUT2D eigenvalue weighted by Gasteiger charge is -2.12. The van der Waals surface area contributed by atoms with Crippen molar-refractivity contribution in [3.63, 3.8) is 0 Å². The lowest BCUT2D eigenvalue weighted by atomic mass is 10.1. The molecule has 0 aliphatic heterocycles. The summed E-state index contributed by atoms with van der Waals surface area (Å²) in [7, 11) is -1.70. The molecule has 1 aromatic carbocycles. The van der Waals surface area contributed by atoms with E-state index in [4.69, 9.17) is 0 Å². The van der Waals surface area contributed by atoms with E-state index in [9.17, 15) is 8.42 Å². The van der Waals surface area contributed by atoms with E-state index in [1.807, 2.05) is 31.5 Å². The average molecular weight is 310 g/mol. The molecule has 0 radical (unpaired) electrons. The maximum atomic E-state index is 12.5. The predicted octanol–water partition coefficient (Wildman–Crippen LogP) is 2.83. The highest BCUT2D eigenvalue weighted by atomic mass is 32.2. The highest BCUT2D eigenvalue weighted by Crippen LogP contribution is 2.23. The Labute approximate surface area is 123 Å². The highest BCUT2D eigenvalue weighted by molar-refractivity contribution is 7.92. The Hall–Kier alpha value is -1.37. The minimum Gasteiger partial charge on any atom is -0.316 e. The molecule has 0 saturated carbocycles. The number of nitrogens with one attached hydrogen (secondary N) is 2. The molecule has 2 rings (SSSR count). The van der Waals surface area contributed by atoms with E-state index in [0.29, 0.717) is 23.5 Å². The van der Waals surface area contributed by atoms with Crippen LogP contribution < -0.4 is 10.0 Å². The molecule has 6 heteroatoms. The van der Waals surface area contributed by atoms with Crippen LogP contribution in [0.15, 0.2) is 39.9 Å². The van der Waals surface area contributed by atoms with Crippen LogP contribution in [0.25, 0.3) is 0 Å². The minimum absolute atomic E-state index is 0.360. The first kappa shape index (κ1) is 15.0. The Morgan fingerprint density at radius 3 is 2.65 bits per heavy atom. The summed E-state index contributed by atoms with van der Waals surface area (Å²) in [6.45, 7) is 2.60. The van der Waals surface area contributed by atoms with Gasteiger partial charge < -0.3 is 5.32 Å². The fourth-order valence-electron chi connectivity index (χ4n) is 1.99. The molecule has 0 unspecified atom stereocenters. The lowest BCUT2D eigenvalue weighted by Crippen LogP contribution is -2.15. The number of rotatable bonds is 6. The van der Waals surface area contributed by atoms with Crippen LogP contribution in [0.3, 0.4) is 0 Å². The van der Waals surface area contributed by atoms with E-state index < -0.39 is 10.0 Å². The second-order valence-electron chi connectivity index (χ2n) is 4.44. The first-order chi connectivity index (χ1) is 9.56. The summed E-state index contributed by atoms with van der Waals surface area (Å²) in [5.74, 6) is 0. The summed E-state index contributed by atoms with van der Waals surface area (Å²) in [5.41, 5.74) is 2.39. The van der Waals surface area contributed by atoms with E-state index in [0.717, 1.165) is 11.1 Å². The molecule has 2 aromatic rings. The standard InChI is InChI=1S/C14H18N2O2S2/c1-3-12-5-4-11(9-15-2)8-14(12)20(17,18)16-13-6-7-19-10-13/h4-8,10,15-16H,3,9H2,1-2H3. The Morgan fingerprint density at radius 2 is 2.05 bits per heavy atom. The van der Waals surface area contributed by atoms with Crippen molar-refractivity contribution in [1.82, 2.24) is 5.32 Å². The topological polar surface area (TPSA) is 58.2 Å². The molecule has 0 bridgehead atoms. The Kier molecular flexibility index (Phi) is 4.80. The molecular formula is C14H18N2O2S2. The second-order valence-corrected chi connectivity index (χ2v) is 6.87. The van der Waals surface area contributed by atoms with Crippen LogP contribution in [0.5, 0.6) is 0 Å². The van der Waals surface area contributed by atoms with Crippen molar-refractivity contribution in [3.8, 4) is 0 Å². The van der Waals surface area contributed by atoms with Crippen LogP contribution in [0.1, 0.15) is 18.1 Å². The van der Waals surface area contributed by atoms with Crippen molar-refractivity contribution in [1.29, 1.82) is 0 Å². The Balaban J connectivity index is 2.40. The third-order valence-electron chi connectivity index (χ3n) is 2.96. The van der Waals surface area contributed by atoms with Crippen molar-refractivity contribution in [3.05, 3.63) is 46.2 Å². The van der Waals surface area contributed by atoms with Crippen LogP contribution in [-0.2, 0) is 23.0 Å². The molecule has 0 aliphatic carbocycles. The third-order valence-corrected chi connectivity index (χ3v) is 5.10. The SMILES string of the molecule is CCc1ccc(CNC)cc1S(=O)(=O)Nc1ccsc1. The van der Waals surface area contributed by atoms with Gasteiger partial charge in [-0.25, -0.2) is 8.42 Å². The summed E-state index contributed by atoms with van der Waals surface area (Å²) in [5, 5.41) is 6.65. The van der Waals surface area contributed by atoms with Gasteiger partial charge in [0, 0.05) is 11.9 Å². The summed E-state index contributed by atoms with van der Waals surface area (Å²) in [6.07, 6.45) is 0.680. The summed E-state index contributed by atoms with van der Waals surface area (Å²) in [6, 6.07) is 7.34. The molecule has 0 atom stereocenters. The maximum absolute atomic E-state index is 12.5. The zero-order valence-corrected chi connectivity index (χ0v) is 13.1. The molecule has 0 spiro atoms. The van der Waals surface area contributed by atoms with Gasteiger partial charge in [-0.15, -0.1) is 0 Å². The van der Waals surface area contributed by atoms with Gasteiger partial charge in [0.25, 0.3) is 10.0 Å². The lowest BCUT2D eigenvalue weighted by molar-refractivity contribution is 0.600. The zero-order valence-electron chi connectivity index (χ0n) is 11.5. The van der Waals surface area contributed by atoms with Crippen molar-refractivity contribution < 1.29 is 8.42 Å². The van der Waals surface area contributed by atoms with Gasteiger partial charge in [0.1, 0.15) is 0 Å². The van der Waals surface area contributed by atoms with E-state index in [1.165, 1.54) is 11.3 Å². The normalized spacial score (nSPS) is 11.5. The fourth-order valence-corrected chi connectivity index (χ4v) is 4.06. The van der Waals surface area contributed by atoms with E-state index in [-0.39, 0.29) is 0 Å². The molecule has 0 saturated heterocycles. The van der Waals surface area contributed by atoms with Gasteiger partial charge in [0.05, 0.1) is 10.6 Å². The Bertz CT molecular complexity index is 664. The van der Waals surface area contributed by atoms with E-state index >= 15 is 0 Å². The van der Waals surface area contributed by atoms with Crippen LogP contribution in [0.4, 0.5) is 5.69 Å². The zero-order chi connectivity index (χ0) is 14.6. The molecule has 2 N–H and O–H groups in total. The molecule has 1 heterocycles. The third kappa shape index (κ3) is 3.39. The molecular weight excluding hydrogens is 292 g/mol. The fraction of sp³-hybridized carbons (Fsp3) is 0.286. The summed E-state index contributed by atoms with van der Waals surface area (Å²) < 4.78 is 27.6. The predicted molar refractivity (Wildman–Crippen MR) is 83.7 cm³/mol. The van der Waals surface area contributed by atoms with Crippen LogP contribution >= 0.6 is 11.3 Å². The summed E-state index contributed by atoms with van der Waals surface area (Å²) >= 11 is 1.46. The largest absolute Gasteiger partial charge is 0.316 e. The van der Waals surface area contributed by atoms with Crippen molar-refractivity contribution >= 4 is 27.0 Å². The van der Waals surface area contributed by atoms with Crippen molar-refractivity contribution in [2.45, 2.75) is 24.8 Å². The van der Waals surface area contributed by atoms with Gasteiger partial charge in [0.15, 0.2) is 0 Å². The van der Waals surface area contributed by atoms with Crippen molar-refractivity contribution in [2.24, 2.45) is 0 Å².